The highest BCUT2D eigenvalue weighted by atomic mass is 16.2. The molecule has 1 aromatic carbocycles. The fourth-order valence-corrected chi connectivity index (χ4v) is 2.70. The number of anilines is 1. The van der Waals surface area contributed by atoms with Crippen molar-refractivity contribution in [1.29, 1.82) is 0 Å². The van der Waals surface area contributed by atoms with E-state index in [1.54, 1.807) is 24.2 Å². The molecular formula is C16H16N2O2. The third-order valence-electron chi connectivity index (χ3n) is 3.78. The van der Waals surface area contributed by atoms with Gasteiger partial charge in [-0.25, -0.2) is 0 Å². The first kappa shape index (κ1) is 12.7. The smallest absolute Gasteiger partial charge is 0.258 e. The SMILES string of the molecule is CC1Cc2ccccc2N1C(=O)c1ccn(C)c(=O)c1. The van der Waals surface area contributed by atoms with Gasteiger partial charge in [0.05, 0.1) is 0 Å². The number of aromatic nitrogens is 1. The normalized spacial score (nSPS) is 17.1. The van der Waals surface area contributed by atoms with Gasteiger partial charge in [-0.15, -0.1) is 0 Å². The molecule has 0 spiro atoms. The van der Waals surface area contributed by atoms with Crippen LogP contribution in [-0.2, 0) is 13.5 Å². The van der Waals surface area contributed by atoms with Crippen molar-refractivity contribution in [2.75, 3.05) is 4.90 Å². The van der Waals surface area contributed by atoms with Crippen LogP contribution in [0.3, 0.4) is 0 Å². The predicted molar refractivity (Wildman–Crippen MR) is 78.1 cm³/mol. The number of carbonyl (C=O) groups is 1. The van der Waals surface area contributed by atoms with Crippen molar-refractivity contribution in [2.45, 2.75) is 19.4 Å². The van der Waals surface area contributed by atoms with Gasteiger partial charge in [0, 0.05) is 36.6 Å². The van der Waals surface area contributed by atoms with Crippen LogP contribution in [0.1, 0.15) is 22.8 Å². The minimum Gasteiger partial charge on any atom is -0.319 e. The molecule has 0 bridgehead atoms. The number of aryl methyl sites for hydroxylation is 1. The highest BCUT2D eigenvalue weighted by molar-refractivity contribution is 6.07. The van der Waals surface area contributed by atoms with Crippen molar-refractivity contribution in [2.24, 2.45) is 7.05 Å². The van der Waals surface area contributed by atoms with Gasteiger partial charge in [-0.3, -0.25) is 9.59 Å². The molecule has 2 heterocycles. The van der Waals surface area contributed by atoms with Crippen molar-refractivity contribution in [1.82, 2.24) is 4.57 Å². The lowest BCUT2D eigenvalue weighted by Crippen LogP contribution is -2.36. The van der Waals surface area contributed by atoms with E-state index in [2.05, 4.69) is 0 Å². The molecule has 4 heteroatoms. The number of amides is 1. The first-order valence-electron chi connectivity index (χ1n) is 6.66. The second-order valence-corrected chi connectivity index (χ2v) is 5.22. The van der Waals surface area contributed by atoms with E-state index < -0.39 is 0 Å². The first-order valence-corrected chi connectivity index (χ1v) is 6.66. The van der Waals surface area contributed by atoms with Gasteiger partial charge in [0.15, 0.2) is 0 Å². The molecule has 4 nitrogen and oxygen atoms in total. The maximum absolute atomic E-state index is 12.7. The van der Waals surface area contributed by atoms with Crippen molar-refractivity contribution >= 4 is 11.6 Å². The second-order valence-electron chi connectivity index (χ2n) is 5.22. The van der Waals surface area contributed by atoms with Gasteiger partial charge in [0.2, 0.25) is 0 Å². The second kappa shape index (κ2) is 4.63. The zero-order valence-electron chi connectivity index (χ0n) is 11.5. The monoisotopic (exact) mass is 268 g/mol. The molecule has 2 aromatic rings. The Morgan fingerprint density at radius 1 is 1.25 bits per heavy atom. The Kier molecular flexibility index (Phi) is 2.93. The van der Waals surface area contributed by atoms with Gasteiger partial charge in [0.25, 0.3) is 11.5 Å². The number of hydrogen-bond donors (Lipinski definition) is 0. The lowest BCUT2D eigenvalue weighted by Gasteiger charge is -2.22. The molecule has 0 saturated carbocycles. The lowest BCUT2D eigenvalue weighted by molar-refractivity contribution is 0.0981. The van der Waals surface area contributed by atoms with Crippen molar-refractivity contribution in [3.8, 4) is 0 Å². The number of benzene rings is 1. The molecule has 1 atom stereocenters. The van der Waals surface area contributed by atoms with E-state index in [0.717, 1.165) is 12.1 Å². The van der Waals surface area contributed by atoms with Gasteiger partial charge in [0.1, 0.15) is 0 Å². The molecule has 1 aliphatic rings. The van der Waals surface area contributed by atoms with Crippen LogP contribution in [0.25, 0.3) is 0 Å². The predicted octanol–water partition coefficient (Wildman–Crippen LogP) is 1.98. The van der Waals surface area contributed by atoms with E-state index in [1.165, 1.54) is 16.2 Å². The largest absolute Gasteiger partial charge is 0.319 e. The molecule has 102 valence electrons. The Morgan fingerprint density at radius 2 is 2.00 bits per heavy atom. The summed E-state index contributed by atoms with van der Waals surface area (Å²) in [5, 5.41) is 0. The molecule has 1 amide bonds. The molecule has 20 heavy (non-hydrogen) atoms. The Morgan fingerprint density at radius 3 is 2.75 bits per heavy atom. The summed E-state index contributed by atoms with van der Waals surface area (Å²) >= 11 is 0. The topological polar surface area (TPSA) is 42.3 Å². The third kappa shape index (κ3) is 1.93. The quantitative estimate of drug-likeness (QED) is 0.793. The van der Waals surface area contributed by atoms with E-state index in [0.29, 0.717) is 5.56 Å². The van der Waals surface area contributed by atoms with Crippen LogP contribution in [0.5, 0.6) is 0 Å². The molecule has 0 aliphatic carbocycles. The summed E-state index contributed by atoms with van der Waals surface area (Å²) in [4.78, 5) is 26.1. The Bertz CT molecular complexity index is 733. The summed E-state index contributed by atoms with van der Waals surface area (Å²) in [7, 11) is 1.67. The highest BCUT2D eigenvalue weighted by Gasteiger charge is 2.31. The van der Waals surface area contributed by atoms with E-state index in [1.807, 2.05) is 31.2 Å². The Hall–Kier alpha value is -2.36. The Labute approximate surface area is 117 Å². The van der Waals surface area contributed by atoms with Crippen LogP contribution in [0.15, 0.2) is 47.4 Å². The van der Waals surface area contributed by atoms with E-state index in [4.69, 9.17) is 0 Å². The standard InChI is InChI=1S/C16H16N2O2/c1-11-9-12-5-3-4-6-14(12)18(11)16(20)13-7-8-17(2)15(19)10-13/h3-8,10-11H,9H2,1-2H3. The summed E-state index contributed by atoms with van der Waals surface area (Å²) < 4.78 is 1.46. The number of fused-ring (bicyclic) bond motifs is 1. The van der Waals surface area contributed by atoms with Crippen LogP contribution in [-0.4, -0.2) is 16.5 Å². The molecule has 3 rings (SSSR count). The van der Waals surface area contributed by atoms with Gasteiger partial charge >= 0.3 is 0 Å². The summed E-state index contributed by atoms with van der Waals surface area (Å²) in [6.07, 6.45) is 2.48. The summed E-state index contributed by atoms with van der Waals surface area (Å²) in [5.41, 5.74) is 2.40. The van der Waals surface area contributed by atoms with Crippen LogP contribution >= 0.6 is 0 Å². The zero-order valence-corrected chi connectivity index (χ0v) is 11.5. The number of hydrogen-bond acceptors (Lipinski definition) is 2. The minimum atomic E-state index is -0.170. The molecule has 1 aliphatic heterocycles. The molecule has 1 unspecified atom stereocenters. The third-order valence-corrected chi connectivity index (χ3v) is 3.78. The molecule has 0 N–H and O–H groups in total. The molecule has 1 aromatic heterocycles. The summed E-state index contributed by atoms with van der Waals surface area (Å²) in [6, 6.07) is 11.1. The summed E-state index contributed by atoms with van der Waals surface area (Å²) in [6.45, 7) is 2.03. The van der Waals surface area contributed by atoms with Crippen LogP contribution in [0.4, 0.5) is 5.69 Å². The first-order chi connectivity index (χ1) is 9.58. The molecule has 0 radical (unpaired) electrons. The number of carbonyl (C=O) groups excluding carboxylic acids is 1. The number of nitrogens with zero attached hydrogens (tertiary/aromatic N) is 2. The Balaban J connectivity index is 2.02. The van der Waals surface area contributed by atoms with Crippen LogP contribution < -0.4 is 10.5 Å². The fraction of sp³-hybridized carbons (Fsp3) is 0.250. The average molecular weight is 268 g/mol. The van der Waals surface area contributed by atoms with E-state index in [9.17, 15) is 9.59 Å². The van der Waals surface area contributed by atoms with Crippen LogP contribution in [0, 0.1) is 0 Å². The number of rotatable bonds is 1. The maximum atomic E-state index is 12.7. The van der Waals surface area contributed by atoms with Gasteiger partial charge in [-0.05, 0) is 31.0 Å². The van der Waals surface area contributed by atoms with Gasteiger partial charge in [-0.2, -0.15) is 0 Å². The molecule has 0 fully saturated rings. The van der Waals surface area contributed by atoms with Crippen molar-refractivity contribution in [3.05, 3.63) is 64.1 Å². The molecular weight excluding hydrogens is 252 g/mol. The number of pyridine rings is 1. The van der Waals surface area contributed by atoms with Gasteiger partial charge < -0.3 is 9.47 Å². The molecule has 0 saturated heterocycles. The summed E-state index contributed by atoms with van der Waals surface area (Å²) in [5.74, 6) is -0.111. The van der Waals surface area contributed by atoms with E-state index in [-0.39, 0.29) is 17.5 Å². The fourth-order valence-electron chi connectivity index (χ4n) is 2.70. The van der Waals surface area contributed by atoms with Crippen molar-refractivity contribution in [3.63, 3.8) is 0 Å². The lowest BCUT2D eigenvalue weighted by atomic mass is 10.1. The van der Waals surface area contributed by atoms with Gasteiger partial charge in [-0.1, -0.05) is 18.2 Å². The van der Waals surface area contributed by atoms with Crippen molar-refractivity contribution < 1.29 is 4.79 Å². The minimum absolute atomic E-state index is 0.111. The van der Waals surface area contributed by atoms with E-state index >= 15 is 0 Å². The van der Waals surface area contributed by atoms with Crippen LogP contribution in [0.2, 0.25) is 0 Å². The average Bonchev–Trinajstić information content (AvgIpc) is 2.77. The zero-order chi connectivity index (χ0) is 14.3. The highest BCUT2D eigenvalue weighted by Crippen LogP contribution is 2.32. The maximum Gasteiger partial charge on any atom is 0.258 e. The number of para-hydroxylation sites is 1.